The van der Waals surface area contributed by atoms with Gasteiger partial charge in [0, 0.05) is 6.54 Å². The highest BCUT2D eigenvalue weighted by Gasteiger charge is 2.24. The molecule has 0 fully saturated rings. The number of hydrogen-bond acceptors (Lipinski definition) is 5. The van der Waals surface area contributed by atoms with E-state index >= 15 is 0 Å². The van der Waals surface area contributed by atoms with E-state index in [1.54, 1.807) is 6.92 Å². The summed E-state index contributed by atoms with van der Waals surface area (Å²) in [7, 11) is 0. The van der Waals surface area contributed by atoms with Gasteiger partial charge in [-0.15, -0.1) is 11.3 Å². The lowest BCUT2D eigenvalue weighted by atomic mass is 9.84. The van der Waals surface area contributed by atoms with Crippen molar-refractivity contribution in [1.29, 1.82) is 0 Å². The zero-order chi connectivity index (χ0) is 16.2. The highest BCUT2D eigenvalue weighted by atomic mass is 32.1. The lowest BCUT2D eigenvalue weighted by Gasteiger charge is -2.24. The van der Waals surface area contributed by atoms with E-state index < -0.39 is 5.97 Å². The van der Waals surface area contributed by atoms with Gasteiger partial charge < -0.3 is 16.2 Å². The average Bonchev–Trinajstić information content (AvgIpc) is 2.73. The topological polar surface area (TPSA) is 105 Å². The van der Waals surface area contributed by atoms with Crippen LogP contribution < -0.4 is 11.1 Å². The Balaban J connectivity index is 2.63. The normalized spacial score (nSPS) is 13.0. The molecule has 0 saturated heterocycles. The third-order valence-electron chi connectivity index (χ3n) is 2.96. The number of aromatic carboxylic acids is 1. The second-order valence-electron chi connectivity index (χ2n) is 6.24. The number of aryl methyl sites for hydroxylation is 1. The molecular formula is C14H23N3O3S. The number of carboxylic acids is 1. The van der Waals surface area contributed by atoms with E-state index in [0.29, 0.717) is 23.7 Å². The number of thiazole rings is 1. The van der Waals surface area contributed by atoms with Gasteiger partial charge in [0.1, 0.15) is 9.88 Å². The van der Waals surface area contributed by atoms with Gasteiger partial charge in [0.25, 0.3) is 0 Å². The van der Waals surface area contributed by atoms with Crippen LogP contribution in [0.25, 0.3) is 0 Å². The molecule has 0 aliphatic rings. The van der Waals surface area contributed by atoms with Crippen molar-refractivity contribution in [1.82, 2.24) is 10.3 Å². The first kappa shape index (κ1) is 17.6. The Kier molecular flexibility index (Phi) is 5.86. The predicted octanol–water partition coefficient (Wildman–Crippen LogP) is 1.78. The predicted molar refractivity (Wildman–Crippen MR) is 82.3 cm³/mol. The summed E-state index contributed by atoms with van der Waals surface area (Å²) in [6.07, 6.45) is 0.701. The number of nitrogens with two attached hydrogens (primary N) is 1. The largest absolute Gasteiger partial charge is 0.477 e. The van der Waals surface area contributed by atoms with Crippen molar-refractivity contribution in [2.75, 3.05) is 6.54 Å². The molecule has 1 aromatic rings. The molecule has 6 nitrogen and oxygen atoms in total. The van der Waals surface area contributed by atoms with Crippen LogP contribution in [0.1, 0.15) is 47.6 Å². The molecule has 1 amide bonds. The van der Waals surface area contributed by atoms with Crippen molar-refractivity contribution in [3.63, 3.8) is 0 Å². The fourth-order valence-electron chi connectivity index (χ4n) is 2.06. The molecule has 7 heteroatoms. The lowest BCUT2D eigenvalue weighted by molar-refractivity contribution is -0.125. The Morgan fingerprint density at radius 2 is 2.05 bits per heavy atom. The summed E-state index contributed by atoms with van der Waals surface area (Å²) in [4.78, 5) is 27.4. The molecule has 4 N–H and O–H groups in total. The Bertz CT molecular complexity index is 520. The van der Waals surface area contributed by atoms with Gasteiger partial charge >= 0.3 is 5.97 Å². The number of nitrogens with one attached hydrogen (secondary N) is 1. The summed E-state index contributed by atoms with van der Waals surface area (Å²) in [5.41, 5.74) is 6.16. The van der Waals surface area contributed by atoms with Gasteiger partial charge in [0.15, 0.2) is 0 Å². The number of rotatable bonds is 6. The summed E-state index contributed by atoms with van der Waals surface area (Å²) in [5.74, 6) is -1.35. The lowest BCUT2D eigenvalue weighted by Crippen LogP contribution is -2.36. The number of hydrogen-bond donors (Lipinski definition) is 3. The smallest absolute Gasteiger partial charge is 0.347 e. The van der Waals surface area contributed by atoms with Crippen LogP contribution in [-0.4, -0.2) is 28.5 Å². The Morgan fingerprint density at radius 1 is 1.43 bits per heavy atom. The van der Waals surface area contributed by atoms with Crippen molar-refractivity contribution in [2.24, 2.45) is 17.1 Å². The maximum Gasteiger partial charge on any atom is 0.347 e. The molecule has 1 aromatic heterocycles. The molecule has 0 saturated carbocycles. The summed E-state index contributed by atoms with van der Waals surface area (Å²) in [6.45, 7) is 8.36. The van der Waals surface area contributed by atoms with Crippen LogP contribution in [0.2, 0.25) is 0 Å². The van der Waals surface area contributed by atoms with E-state index in [9.17, 15) is 9.59 Å². The second kappa shape index (κ2) is 7.00. The van der Waals surface area contributed by atoms with Gasteiger partial charge in [-0.3, -0.25) is 4.79 Å². The third-order valence-corrected chi connectivity index (χ3v) is 4.11. The zero-order valence-electron chi connectivity index (χ0n) is 12.9. The van der Waals surface area contributed by atoms with Gasteiger partial charge in [-0.25, -0.2) is 9.78 Å². The maximum absolute atomic E-state index is 12.1. The summed E-state index contributed by atoms with van der Waals surface area (Å²) in [6, 6.07) is 0. The monoisotopic (exact) mass is 313 g/mol. The SMILES string of the molecule is Cc1nc(CNC(=O)C(CN)CC(C)(C)C)sc1C(=O)O. The molecule has 0 bridgehead atoms. The molecule has 0 aliphatic heterocycles. The van der Waals surface area contributed by atoms with Gasteiger partial charge in [-0.05, 0) is 18.8 Å². The fourth-order valence-corrected chi connectivity index (χ4v) is 2.90. The van der Waals surface area contributed by atoms with Crippen molar-refractivity contribution in [3.8, 4) is 0 Å². The highest BCUT2D eigenvalue weighted by Crippen LogP contribution is 2.24. The number of amides is 1. The molecule has 0 spiro atoms. The van der Waals surface area contributed by atoms with Crippen LogP contribution in [0.4, 0.5) is 0 Å². The zero-order valence-corrected chi connectivity index (χ0v) is 13.7. The number of nitrogens with zero attached hydrogens (tertiary/aromatic N) is 1. The summed E-state index contributed by atoms with van der Waals surface area (Å²) >= 11 is 1.09. The van der Waals surface area contributed by atoms with Crippen molar-refractivity contribution < 1.29 is 14.7 Å². The highest BCUT2D eigenvalue weighted by molar-refractivity contribution is 7.13. The van der Waals surface area contributed by atoms with Gasteiger partial charge in [-0.2, -0.15) is 0 Å². The molecule has 1 rings (SSSR count). The van der Waals surface area contributed by atoms with Gasteiger partial charge in [0.05, 0.1) is 18.2 Å². The minimum Gasteiger partial charge on any atom is -0.477 e. The van der Waals surface area contributed by atoms with Crippen molar-refractivity contribution in [3.05, 3.63) is 15.6 Å². The first-order chi connectivity index (χ1) is 9.64. The van der Waals surface area contributed by atoms with E-state index in [2.05, 4.69) is 31.1 Å². The molecule has 1 heterocycles. The molecule has 21 heavy (non-hydrogen) atoms. The molecule has 118 valence electrons. The van der Waals surface area contributed by atoms with E-state index in [1.165, 1.54) is 0 Å². The van der Waals surface area contributed by atoms with Crippen molar-refractivity contribution >= 4 is 23.2 Å². The van der Waals surface area contributed by atoms with Gasteiger partial charge in [0.2, 0.25) is 5.91 Å². The number of aromatic nitrogens is 1. The molecule has 1 unspecified atom stereocenters. The van der Waals surface area contributed by atoms with Crippen LogP contribution in [0.3, 0.4) is 0 Å². The number of carbonyl (C=O) groups excluding carboxylic acids is 1. The standard InChI is InChI=1S/C14H23N3O3S/c1-8-11(13(19)20)21-10(17-8)7-16-12(18)9(6-15)5-14(2,3)4/h9H,5-7,15H2,1-4H3,(H,16,18)(H,19,20). The van der Waals surface area contributed by atoms with E-state index in [0.717, 1.165) is 11.3 Å². The van der Waals surface area contributed by atoms with Crippen molar-refractivity contribution in [2.45, 2.75) is 40.7 Å². The molecule has 0 radical (unpaired) electrons. The quantitative estimate of drug-likeness (QED) is 0.742. The van der Waals surface area contributed by atoms with Crippen LogP contribution in [0, 0.1) is 18.3 Å². The molecular weight excluding hydrogens is 290 g/mol. The average molecular weight is 313 g/mol. The maximum atomic E-state index is 12.1. The minimum absolute atomic E-state index is 0.0234. The van der Waals surface area contributed by atoms with E-state index in [4.69, 9.17) is 10.8 Å². The Hall–Kier alpha value is -1.47. The molecule has 0 aromatic carbocycles. The summed E-state index contributed by atoms with van der Waals surface area (Å²) < 4.78 is 0. The molecule has 1 atom stereocenters. The van der Waals surface area contributed by atoms with E-state index in [-0.39, 0.29) is 28.7 Å². The van der Waals surface area contributed by atoms with E-state index in [1.807, 2.05) is 0 Å². The molecule has 0 aliphatic carbocycles. The van der Waals surface area contributed by atoms with Gasteiger partial charge in [-0.1, -0.05) is 20.8 Å². The first-order valence-corrected chi connectivity index (χ1v) is 7.63. The van der Waals surface area contributed by atoms with Crippen LogP contribution in [0.5, 0.6) is 0 Å². The minimum atomic E-state index is -0.991. The van der Waals surface area contributed by atoms with Crippen LogP contribution in [0.15, 0.2) is 0 Å². The third kappa shape index (κ3) is 5.43. The first-order valence-electron chi connectivity index (χ1n) is 6.81. The fraction of sp³-hybridized carbons (Fsp3) is 0.643. The second-order valence-corrected chi connectivity index (χ2v) is 7.33. The summed E-state index contributed by atoms with van der Waals surface area (Å²) in [5, 5.41) is 12.4. The number of carbonyl (C=O) groups is 2. The number of carboxylic acid groups (broad SMARTS) is 1. The Labute approximate surface area is 128 Å². The van der Waals surface area contributed by atoms with Crippen LogP contribution >= 0.6 is 11.3 Å². The van der Waals surface area contributed by atoms with Crippen LogP contribution in [-0.2, 0) is 11.3 Å². The Morgan fingerprint density at radius 3 is 2.48 bits per heavy atom.